The van der Waals surface area contributed by atoms with Crippen molar-refractivity contribution in [2.75, 3.05) is 6.54 Å². The van der Waals surface area contributed by atoms with Gasteiger partial charge in [-0.25, -0.2) is 4.79 Å². The summed E-state index contributed by atoms with van der Waals surface area (Å²) in [5.41, 5.74) is 0.346. The quantitative estimate of drug-likeness (QED) is 0.756. The molecule has 4 heteroatoms. The number of benzene rings is 1. The Hall–Kier alpha value is -1.00. The fourth-order valence-electron chi connectivity index (χ4n) is 1.02. The van der Waals surface area contributed by atoms with Gasteiger partial charge in [-0.15, -0.1) is 0 Å². The van der Waals surface area contributed by atoms with E-state index in [1.165, 1.54) is 11.9 Å². The van der Waals surface area contributed by atoms with Crippen molar-refractivity contribution in [3.63, 3.8) is 0 Å². The molecule has 15 heavy (non-hydrogen) atoms. The minimum absolute atomic E-state index is 0.346. The molecule has 0 bridgehead atoms. The number of carboxylic acid groups (broad SMARTS) is 1. The maximum atomic E-state index is 10.9. The minimum Gasteiger partial charge on any atom is -0.478 e. The summed E-state index contributed by atoms with van der Waals surface area (Å²) < 4.78 is 3.15. The Morgan fingerprint density at radius 1 is 1.47 bits per heavy atom. The fraction of sp³-hybridized carbons (Fsp3) is 0.364. The van der Waals surface area contributed by atoms with Crippen LogP contribution in [0, 0.1) is 5.92 Å². The van der Waals surface area contributed by atoms with E-state index in [1.54, 1.807) is 18.2 Å². The van der Waals surface area contributed by atoms with Crippen molar-refractivity contribution in [1.29, 1.82) is 0 Å². The molecule has 2 N–H and O–H groups in total. The van der Waals surface area contributed by atoms with Gasteiger partial charge < -0.3 is 5.11 Å². The van der Waals surface area contributed by atoms with Gasteiger partial charge in [0.2, 0.25) is 0 Å². The van der Waals surface area contributed by atoms with Crippen molar-refractivity contribution in [2.24, 2.45) is 5.92 Å². The molecule has 0 aliphatic rings. The lowest BCUT2D eigenvalue weighted by Gasteiger charge is -2.08. The Morgan fingerprint density at radius 2 is 2.13 bits per heavy atom. The van der Waals surface area contributed by atoms with Crippen LogP contribution in [0.15, 0.2) is 29.2 Å². The van der Waals surface area contributed by atoms with E-state index in [1.807, 2.05) is 6.07 Å². The van der Waals surface area contributed by atoms with E-state index in [9.17, 15) is 4.79 Å². The lowest BCUT2D eigenvalue weighted by Crippen LogP contribution is -2.12. The van der Waals surface area contributed by atoms with E-state index in [-0.39, 0.29) is 0 Å². The zero-order valence-corrected chi connectivity index (χ0v) is 9.67. The molecule has 1 aromatic carbocycles. The van der Waals surface area contributed by atoms with Crippen LogP contribution in [0.3, 0.4) is 0 Å². The van der Waals surface area contributed by atoms with Crippen molar-refractivity contribution >= 4 is 17.9 Å². The third-order valence-electron chi connectivity index (χ3n) is 1.79. The summed E-state index contributed by atoms with van der Waals surface area (Å²) in [4.78, 5) is 11.6. The Kier molecular flexibility index (Phi) is 4.65. The predicted octanol–water partition coefficient (Wildman–Crippen LogP) is 2.64. The van der Waals surface area contributed by atoms with Crippen LogP contribution in [-0.4, -0.2) is 17.6 Å². The van der Waals surface area contributed by atoms with Crippen molar-refractivity contribution in [3.8, 4) is 0 Å². The van der Waals surface area contributed by atoms with Crippen molar-refractivity contribution < 1.29 is 9.90 Å². The van der Waals surface area contributed by atoms with E-state index in [2.05, 4.69) is 18.6 Å². The van der Waals surface area contributed by atoms with Crippen LogP contribution in [-0.2, 0) is 0 Å². The summed E-state index contributed by atoms with van der Waals surface area (Å²) in [5.74, 6) is -0.334. The SMILES string of the molecule is CC(C)CNSc1ccccc1C(=O)O. The number of aromatic carboxylic acids is 1. The van der Waals surface area contributed by atoms with Gasteiger partial charge in [0, 0.05) is 11.4 Å². The van der Waals surface area contributed by atoms with Gasteiger partial charge in [-0.2, -0.15) is 0 Å². The molecule has 0 radical (unpaired) electrons. The van der Waals surface area contributed by atoms with E-state index < -0.39 is 5.97 Å². The molecule has 3 nitrogen and oxygen atoms in total. The van der Waals surface area contributed by atoms with Crippen LogP contribution in [0.2, 0.25) is 0 Å². The predicted molar refractivity (Wildman–Crippen MR) is 62.1 cm³/mol. The molecule has 0 amide bonds. The average molecular weight is 225 g/mol. The number of carboxylic acids is 1. The van der Waals surface area contributed by atoms with Crippen LogP contribution in [0.4, 0.5) is 0 Å². The molecular formula is C11H15NO2S. The fourth-order valence-corrected chi connectivity index (χ4v) is 2.00. The summed E-state index contributed by atoms with van der Waals surface area (Å²) >= 11 is 1.37. The Bertz CT molecular complexity index is 339. The lowest BCUT2D eigenvalue weighted by atomic mass is 10.2. The zero-order valence-electron chi connectivity index (χ0n) is 8.86. The second kappa shape index (κ2) is 5.78. The molecular weight excluding hydrogens is 210 g/mol. The molecule has 0 aromatic heterocycles. The molecule has 1 rings (SSSR count). The van der Waals surface area contributed by atoms with Gasteiger partial charge in [0.25, 0.3) is 0 Å². The molecule has 0 aliphatic heterocycles. The van der Waals surface area contributed by atoms with Gasteiger partial charge in [-0.3, -0.25) is 4.72 Å². The first-order chi connectivity index (χ1) is 7.11. The highest BCUT2D eigenvalue weighted by molar-refractivity contribution is 7.97. The first-order valence-electron chi connectivity index (χ1n) is 4.83. The molecule has 82 valence electrons. The highest BCUT2D eigenvalue weighted by Crippen LogP contribution is 2.19. The monoisotopic (exact) mass is 225 g/mol. The second-order valence-electron chi connectivity index (χ2n) is 3.65. The number of hydrogen-bond donors (Lipinski definition) is 2. The molecule has 0 atom stereocenters. The van der Waals surface area contributed by atoms with Crippen LogP contribution in [0.5, 0.6) is 0 Å². The molecule has 0 saturated heterocycles. The first kappa shape index (κ1) is 12.1. The van der Waals surface area contributed by atoms with Crippen molar-refractivity contribution in [3.05, 3.63) is 29.8 Å². The summed E-state index contributed by atoms with van der Waals surface area (Å²) in [6.45, 7) is 5.08. The highest BCUT2D eigenvalue weighted by Gasteiger charge is 2.08. The third-order valence-corrected chi connectivity index (χ3v) is 2.68. The topological polar surface area (TPSA) is 49.3 Å². The van der Waals surface area contributed by atoms with E-state index in [0.29, 0.717) is 11.5 Å². The molecule has 1 aromatic rings. The smallest absolute Gasteiger partial charge is 0.336 e. The van der Waals surface area contributed by atoms with Gasteiger partial charge in [0.15, 0.2) is 0 Å². The number of nitrogens with one attached hydrogen (secondary N) is 1. The maximum Gasteiger partial charge on any atom is 0.336 e. The molecule has 0 fully saturated rings. The van der Waals surface area contributed by atoms with Crippen LogP contribution < -0.4 is 4.72 Å². The van der Waals surface area contributed by atoms with Gasteiger partial charge in [0.05, 0.1) is 5.56 Å². The second-order valence-corrected chi connectivity index (χ2v) is 4.58. The number of rotatable bonds is 5. The normalized spacial score (nSPS) is 10.6. The van der Waals surface area contributed by atoms with E-state index in [4.69, 9.17) is 5.11 Å². The molecule has 0 aliphatic carbocycles. The van der Waals surface area contributed by atoms with Gasteiger partial charge in [-0.1, -0.05) is 26.0 Å². The molecule has 0 heterocycles. The van der Waals surface area contributed by atoms with Gasteiger partial charge in [-0.05, 0) is 30.0 Å². The summed E-state index contributed by atoms with van der Waals surface area (Å²) in [6.07, 6.45) is 0. The Labute approximate surface area is 94.0 Å². The van der Waals surface area contributed by atoms with E-state index >= 15 is 0 Å². The van der Waals surface area contributed by atoms with Gasteiger partial charge in [0.1, 0.15) is 0 Å². The largest absolute Gasteiger partial charge is 0.478 e. The lowest BCUT2D eigenvalue weighted by molar-refractivity contribution is 0.0693. The summed E-state index contributed by atoms with van der Waals surface area (Å²) in [6, 6.07) is 6.99. The summed E-state index contributed by atoms with van der Waals surface area (Å²) in [5, 5.41) is 8.93. The maximum absolute atomic E-state index is 10.9. The third kappa shape index (κ3) is 3.93. The Balaban J connectivity index is 2.63. The molecule has 0 saturated carbocycles. The van der Waals surface area contributed by atoms with Crippen LogP contribution in [0.1, 0.15) is 24.2 Å². The van der Waals surface area contributed by atoms with Crippen molar-refractivity contribution in [2.45, 2.75) is 18.7 Å². The van der Waals surface area contributed by atoms with Crippen LogP contribution >= 0.6 is 11.9 Å². The van der Waals surface area contributed by atoms with E-state index in [0.717, 1.165) is 11.4 Å². The first-order valence-corrected chi connectivity index (χ1v) is 5.65. The van der Waals surface area contributed by atoms with Crippen LogP contribution in [0.25, 0.3) is 0 Å². The highest BCUT2D eigenvalue weighted by atomic mass is 32.2. The number of hydrogen-bond acceptors (Lipinski definition) is 3. The molecule has 0 spiro atoms. The Morgan fingerprint density at radius 3 is 2.73 bits per heavy atom. The summed E-state index contributed by atoms with van der Waals surface area (Å²) in [7, 11) is 0. The number of carbonyl (C=O) groups is 1. The van der Waals surface area contributed by atoms with Gasteiger partial charge >= 0.3 is 5.97 Å². The van der Waals surface area contributed by atoms with Crippen molar-refractivity contribution in [1.82, 2.24) is 4.72 Å². The standard InChI is InChI=1S/C11H15NO2S/c1-8(2)7-12-15-10-6-4-3-5-9(10)11(13)14/h3-6,8,12H,7H2,1-2H3,(H,13,14). The minimum atomic E-state index is -0.885. The molecule has 0 unspecified atom stereocenters. The zero-order chi connectivity index (χ0) is 11.3. The average Bonchev–Trinajstić information content (AvgIpc) is 2.17.